The van der Waals surface area contributed by atoms with Crippen molar-refractivity contribution in [1.82, 2.24) is 19.8 Å². The second-order valence-corrected chi connectivity index (χ2v) is 6.83. The molecular formula is C15H11N5O2S. The van der Waals surface area contributed by atoms with Gasteiger partial charge in [-0.25, -0.2) is 13.4 Å². The summed E-state index contributed by atoms with van der Waals surface area (Å²) in [6.45, 7) is 0. The molecule has 0 aliphatic rings. The molecule has 8 heteroatoms. The van der Waals surface area contributed by atoms with Gasteiger partial charge >= 0.3 is 0 Å². The number of nitrogens with two attached hydrogens (primary N) is 1. The normalized spacial score (nSPS) is 12.0. The summed E-state index contributed by atoms with van der Waals surface area (Å²) in [5.41, 5.74) is 6.72. The number of hydrogen-bond acceptors (Lipinski definition) is 6. The van der Waals surface area contributed by atoms with E-state index in [1.165, 1.54) is 16.6 Å². The third kappa shape index (κ3) is 1.95. The molecule has 0 saturated heterocycles. The van der Waals surface area contributed by atoms with Crippen molar-refractivity contribution >= 4 is 32.2 Å². The van der Waals surface area contributed by atoms with Gasteiger partial charge < -0.3 is 5.73 Å². The highest BCUT2D eigenvalue weighted by molar-refractivity contribution is 7.91. The van der Waals surface area contributed by atoms with Crippen LogP contribution in [0.2, 0.25) is 0 Å². The predicted octanol–water partition coefficient (Wildman–Crippen LogP) is 1.69. The molecule has 0 atom stereocenters. The first-order chi connectivity index (χ1) is 11.1. The Morgan fingerprint density at radius 3 is 2.43 bits per heavy atom. The smallest absolute Gasteiger partial charge is 0.229 e. The lowest BCUT2D eigenvalue weighted by molar-refractivity contribution is 0.592. The monoisotopic (exact) mass is 325 g/mol. The molecule has 2 aromatic heterocycles. The Balaban J connectivity index is 2.07. The molecule has 0 spiro atoms. The Morgan fingerprint density at radius 1 is 0.957 bits per heavy atom. The number of nitrogens with zero attached hydrogens (tertiary/aromatic N) is 4. The minimum absolute atomic E-state index is 0.116. The number of para-hydroxylation sites is 1. The van der Waals surface area contributed by atoms with Crippen LogP contribution < -0.4 is 5.73 Å². The number of sulfone groups is 1. The molecule has 0 radical (unpaired) electrons. The fraction of sp³-hybridized carbons (Fsp3) is 0. The van der Waals surface area contributed by atoms with Gasteiger partial charge in [0, 0.05) is 5.39 Å². The maximum absolute atomic E-state index is 12.8. The Morgan fingerprint density at radius 2 is 1.65 bits per heavy atom. The third-order valence-corrected chi connectivity index (χ3v) is 5.23. The quantitative estimate of drug-likeness (QED) is 0.601. The molecule has 4 rings (SSSR count). The molecule has 7 nitrogen and oxygen atoms in total. The van der Waals surface area contributed by atoms with Crippen molar-refractivity contribution in [3.63, 3.8) is 0 Å². The molecule has 4 aromatic rings. The van der Waals surface area contributed by atoms with Gasteiger partial charge in [0.2, 0.25) is 14.9 Å². The average Bonchev–Trinajstić information content (AvgIpc) is 3.00. The molecule has 114 valence electrons. The highest BCUT2D eigenvalue weighted by Gasteiger charge is 2.26. The summed E-state index contributed by atoms with van der Waals surface area (Å²) >= 11 is 0. The number of nitrogen functional groups attached to an aromatic ring is 1. The zero-order valence-corrected chi connectivity index (χ0v) is 12.6. The van der Waals surface area contributed by atoms with Gasteiger partial charge in [-0.3, -0.25) is 0 Å². The third-order valence-electron chi connectivity index (χ3n) is 3.56. The van der Waals surface area contributed by atoms with Crippen LogP contribution in [-0.2, 0) is 9.84 Å². The fourth-order valence-electron chi connectivity index (χ4n) is 2.45. The van der Waals surface area contributed by atoms with Crippen LogP contribution in [0.15, 0.2) is 64.5 Å². The Bertz CT molecular complexity index is 1140. The largest absolute Gasteiger partial charge is 0.383 e. The predicted molar refractivity (Wildman–Crippen MR) is 84.6 cm³/mol. The van der Waals surface area contributed by atoms with E-state index in [0.717, 1.165) is 0 Å². The summed E-state index contributed by atoms with van der Waals surface area (Å²) in [5.74, 6) is 0.236. The summed E-state index contributed by atoms with van der Waals surface area (Å²) in [6, 6.07) is 15.3. The summed E-state index contributed by atoms with van der Waals surface area (Å²) in [7, 11) is -3.82. The van der Waals surface area contributed by atoms with Crippen LogP contribution in [0.1, 0.15) is 0 Å². The van der Waals surface area contributed by atoms with Gasteiger partial charge in [0.1, 0.15) is 5.82 Å². The standard InChI is InChI=1S/C15H11N5O2S/c16-13-11-8-4-5-9-12(11)20-14(17-13)15(18-19-20)23(21,22)10-6-2-1-3-7-10/h1-9H,(H2,16,17). The van der Waals surface area contributed by atoms with Crippen molar-refractivity contribution in [2.45, 2.75) is 9.92 Å². The first kappa shape index (κ1) is 13.6. The number of fused-ring (bicyclic) bond motifs is 3. The van der Waals surface area contributed by atoms with Crippen molar-refractivity contribution in [1.29, 1.82) is 0 Å². The molecule has 0 aliphatic carbocycles. The number of rotatable bonds is 2. The van der Waals surface area contributed by atoms with E-state index in [9.17, 15) is 8.42 Å². The number of hydrogen-bond donors (Lipinski definition) is 1. The van der Waals surface area contributed by atoms with Crippen LogP contribution in [0.4, 0.5) is 5.82 Å². The summed E-state index contributed by atoms with van der Waals surface area (Å²) in [4.78, 5) is 4.33. The lowest BCUT2D eigenvalue weighted by atomic mass is 10.2. The molecule has 0 fully saturated rings. The van der Waals surface area contributed by atoms with E-state index in [2.05, 4.69) is 15.3 Å². The van der Waals surface area contributed by atoms with Gasteiger partial charge in [0.15, 0.2) is 5.65 Å². The minimum atomic E-state index is -3.82. The van der Waals surface area contributed by atoms with E-state index in [1.54, 1.807) is 30.3 Å². The topological polar surface area (TPSA) is 103 Å². The van der Waals surface area contributed by atoms with E-state index < -0.39 is 9.84 Å². The fourth-order valence-corrected chi connectivity index (χ4v) is 3.71. The molecular weight excluding hydrogens is 314 g/mol. The van der Waals surface area contributed by atoms with Crippen molar-refractivity contribution in [2.24, 2.45) is 0 Å². The van der Waals surface area contributed by atoms with E-state index in [4.69, 9.17) is 5.73 Å². The molecule has 2 N–H and O–H groups in total. The molecule has 0 bridgehead atoms. The maximum atomic E-state index is 12.8. The van der Waals surface area contributed by atoms with Crippen LogP contribution in [0.5, 0.6) is 0 Å². The van der Waals surface area contributed by atoms with Gasteiger partial charge in [-0.05, 0) is 24.3 Å². The molecule has 0 unspecified atom stereocenters. The van der Waals surface area contributed by atoms with Gasteiger partial charge in [0.25, 0.3) is 0 Å². The van der Waals surface area contributed by atoms with Crippen LogP contribution in [0, 0.1) is 0 Å². The number of benzene rings is 2. The highest BCUT2D eigenvalue weighted by Crippen LogP contribution is 2.26. The Hall–Kier alpha value is -3.00. The van der Waals surface area contributed by atoms with Crippen molar-refractivity contribution in [2.75, 3.05) is 5.73 Å². The zero-order chi connectivity index (χ0) is 16.0. The molecule has 23 heavy (non-hydrogen) atoms. The molecule has 0 aliphatic heterocycles. The second-order valence-electron chi connectivity index (χ2n) is 4.96. The van der Waals surface area contributed by atoms with Crippen molar-refractivity contribution < 1.29 is 8.42 Å². The lowest BCUT2D eigenvalue weighted by Gasteiger charge is -2.04. The van der Waals surface area contributed by atoms with E-state index in [0.29, 0.717) is 10.9 Å². The van der Waals surface area contributed by atoms with Crippen LogP contribution >= 0.6 is 0 Å². The van der Waals surface area contributed by atoms with Gasteiger partial charge in [-0.2, -0.15) is 4.52 Å². The second kappa shape index (κ2) is 4.75. The van der Waals surface area contributed by atoms with E-state index in [-0.39, 0.29) is 21.4 Å². The summed E-state index contributed by atoms with van der Waals surface area (Å²) < 4.78 is 26.9. The maximum Gasteiger partial charge on any atom is 0.229 e. The minimum Gasteiger partial charge on any atom is -0.383 e. The van der Waals surface area contributed by atoms with Crippen LogP contribution in [0.3, 0.4) is 0 Å². The van der Waals surface area contributed by atoms with E-state index in [1.807, 2.05) is 12.1 Å². The van der Waals surface area contributed by atoms with Gasteiger partial charge in [-0.1, -0.05) is 35.5 Å². The SMILES string of the molecule is Nc1nc2c(S(=O)(=O)c3ccccc3)nnn2c2ccccc12. The summed E-state index contributed by atoms with van der Waals surface area (Å²) in [5, 5.41) is 8.27. The Labute approximate surface area is 131 Å². The first-order valence-corrected chi connectivity index (χ1v) is 8.27. The molecule has 0 amide bonds. The zero-order valence-electron chi connectivity index (χ0n) is 11.8. The number of anilines is 1. The van der Waals surface area contributed by atoms with Crippen LogP contribution in [-0.4, -0.2) is 28.2 Å². The highest BCUT2D eigenvalue weighted by atomic mass is 32.2. The Kier molecular flexibility index (Phi) is 2.82. The van der Waals surface area contributed by atoms with Gasteiger partial charge in [-0.15, -0.1) is 5.10 Å². The first-order valence-electron chi connectivity index (χ1n) is 6.79. The van der Waals surface area contributed by atoms with Gasteiger partial charge in [0.05, 0.1) is 10.4 Å². The molecule has 0 saturated carbocycles. The van der Waals surface area contributed by atoms with Crippen molar-refractivity contribution in [3.05, 3.63) is 54.6 Å². The average molecular weight is 325 g/mol. The lowest BCUT2D eigenvalue weighted by Crippen LogP contribution is -2.05. The van der Waals surface area contributed by atoms with E-state index >= 15 is 0 Å². The van der Waals surface area contributed by atoms with Crippen molar-refractivity contribution in [3.8, 4) is 0 Å². The van der Waals surface area contributed by atoms with Crippen LogP contribution in [0.25, 0.3) is 16.6 Å². The number of aromatic nitrogens is 4. The summed E-state index contributed by atoms with van der Waals surface area (Å²) in [6.07, 6.45) is 0. The molecule has 2 aromatic carbocycles. The molecule has 2 heterocycles.